The quantitative estimate of drug-likeness (QED) is 0.903. The monoisotopic (exact) mass is 286 g/mol. The molecule has 0 bridgehead atoms. The van der Waals surface area contributed by atoms with E-state index in [9.17, 15) is 0 Å². The highest BCUT2D eigenvalue weighted by Crippen LogP contribution is 2.27. The van der Waals surface area contributed by atoms with Crippen molar-refractivity contribution in [1.29, 1.82) is 0 Å². The number of hydrogen-bond donors (Lipinski definition) is 1. The van der Waals surface area contributed by atoms with Gasteiger partial charge in [-0.15, -0.1) is 11.3 Å². The summed E-state index contributed by atoms with van der Waals surface area (Å²) >= 11 is 1.74. The zero-order valence-corrected chi connectivity index (χ0v) is 13.1. The Balaban J connectivity index is 1.82. The van der Waals surface area contributed by atoms with Gasteiger partial charge < -0.3 is 5.32 Å². The van der Waals surface area contributed by atoms with Gasteiger partial charge in [0, 0.05) is 17.8 Å². The molecule has 3 rings (SSSR count). The van der Waals surface area contributed by atoms with E-state index < -0.39 is 0 Å². The van der Waals surface area contributed by atoms with Gasteiger partial charge in [-0.25, -0.2) is 4.98 Å². The van der Waals surface area contributed by atoms with Gasteiger partial charge in [0.1, 0.15) is 0 Å². The number of hydrogen-bond acceptors (Lipinski definition) is 3. The second-order valence-corrected chi connectivity index (χ2v) is 6.62. The standard InChI is InChI=1S/C17H22N2S/c1-3-18-17(10-16-11-20-12(2)19-16)15-8-7-13-5-4-6-14(13)9-15/h7-9,11,17-18H,3-6,10H2,1-2H3. The summed E-state index contributed by atoms with van der Waals surface area (Å²) < 4.78 is 0. The summed E-state index contributed by atoms with van der Waals surface area (Å²) in [6, 6.07) is 7.42. The van der Waals surface area contributed by atoms with Crippen LogP contribution in [0.5, 0.6) is 0 Å². The molecule has 1 aliphatic carbocycles. The molecule has 0 fully saturated rings. The predicted octanol–water partition coefficient (Wildman–Crippen LogP) is 3.83. The van der Waals surface area contributed by atoms with Gasteiger partial charge in [0.25, 0.3) is 0 Å². The number of benzene rings is 1. The van der Waals surface area contributed by atoms with Crippen molar-refractivity contribution in [3.8, 4) is 0 Å². The van der Waals surface area contributed by atoms with Crippen LogP contribution >= 0.6 is 11.3 Å². The predicted molar refractivity (Wildman–Crippen MR) is 85.4 cm³/mol. The number of aromatic nitrogens is 1. The maximum atomic E-state index is 4.61. The van der Waals surface area contributed by atoms with Gasteiger partial charge in [0.2, 0.25) is 0 Å². The smallest absolute Gasteiger partial charge is 0.0897 e. The Morgan fingerprint density at radius 1 is 1.30 bits per heavy atom. The molecule has 1 aliphatic rings. The largest absolute Gasteiger partial charge is 0.310 e. The molecule has 0 aliphatic heterocycles. The van der Waals surface area contributed by atoms with E-state index in [2.05, 4.69) is 47.7 Å². The molecule has 1 aromatic carbocycles. The van der Waals surface area contributed by atoms with Crippen LogP contribution in [0.2, 0.25) is 0 Å². The minimum atomic E-state index is 0.382. The third kappa shape index (κ3) is 2.94. The summed E-state index contributed by atoms with van der Waals surface area (Å²) in [4.78, 5) is 4.61. The summed E-state index contributed by atoms with van der Waals surface area (Å²) in [5.41, 5.74) is 5.73. The number of aryl methyl sites for hydroxylation is 3. The molecule has 20 heavy (non-hydrogen) atoms. The number of likely N-dealkylation sites (N-methyl/N-ethyl adjacent to an activating group) is 1. The third-order valence-electron chi connectivity index (χ3n) is 4.06. The SMILES string of the molecule is CCNC(Cc1csc(C)n1)c1ccc2c(c1)CCC2. The number of nitrogens with one attached hydrogen (secondary N) is 1. The number of rotatable bonds is 5. The fourth-order valence-corrected chi connectivity index (χ4v) is 3.70. The highest BCUT2D eigenvalue weighted by molar-refractivity contribution is 7.09. The lowest BCUT2D eigenvalue weighted by atomic mass is 9.98. The molecule has 0 radical (unpaired) electrons. The Bertz CT molecular complexity index is 588. The van der Waals surface area contributed by atoms with Crippen LogP contribution in [0.25, 0.3) is 0 Å². The van der Waals surface area contributed by atoms with Gasteiger partial charge in [-0.05, 0) is 49.4 Å². The lowest BCUT2D eigenvalue weighted by Crippen LogP contribution is -2.23. The first-order valence-corrected chi connectivity index (χ1v) is 8.40. The van der Waals surface area contributed by atoms with Crippen LogP contribution in [-0.4, -0.2) is 11.5 Å². The fraction of sp³-hybridized carbons (Fsp3) is 0.471. The molecule has 0 spiro atoms. The molecule has 1 heterocycles. The van der Waals surface area contributed by atoms with E-state index in [1.54, 1.807) is 22.5 Å². The molecular formula is C17H22N2S. The average Bonchev–Trinajstić information content (AvgIpc) is 3.06. The van der Waals surface area contributed by atoms with Gasteiger partial charge in [-0.1, -0.05) is 25.1 Å². The first-order valence-electron chi connectivity index (χ1n) is 7.52. The normalized spacial score (nSPS) is 15.3. The Labute approximate surface area is 125 Å². The highest BCUT2D eigenvalue weighted by Gasteiger charge is 2.16. The van der Waals surface area contributed by atoms with Crippen molar-refractivity contribution < 1.29 is 0 Å². The van der Waals surface area contributed by atoms with E-state index in [1.807, 2.05) is 0 Å². The van der Waals surface area contributed by atoms with Crippen molar-refractivity contribution in [2.45, 2.75) is 45.6 Å². The zero-order chi connectivity index (χ0) is 13.9. The summed E-state index contributed by atoms with van der Waals surface area (Å²) in [6.45, 7) is 5.24. The van der Waals surface area contributed by atoms with E-state index in [1.165, 1.54) is 30.5 Å². The molecule has 1 aromatic heterocycles. The van der Waals surface area contributed by atoms with Crippen molar-refractivity contribution in [3.63, 3.8) is 0 Å². The van der Waals surface area contributed by atoms with Gasteiger partial charge in [0.15, 0.2) is 0 Å². The maximum absolute atomic E-state index is 4.61. The Kier molecular flexibility index (Phi) is 4.18. The van der Waals surface area contributed by atoms with Crippen LogP contribution in [0.1, 0.15) is 46.8 Å². The average molecular weight is 286 g/mol. The van der Waals surface area contributed by atoms with Crippen molar-refractivity contribution >= 4 is 11.3 Å². The summed E-state index contributed by atoms with van der Waals surface area (Å²) in [6.07, 6.45) is 4.80. The lowest BCUT2D eigenvalue weighted by molar-refractivity contribution is 0.544. The molecule has 0 saturated heterocycles. The van der Waals surface area contributed by atoms with Crippen LogP contribution in [-0.2, 0) is 19.3 Å². The van der Waals surface area contributed by atoms with E-state index in [4.69, 9.17) is 0 Å². The zero-order valence-electron chi connectivity index (χ0n) is 12.3. The van der Waals surface area contributed by atoms with Crippen molar-refractivity contribution in [2.24, 2.45) is 0 Å². The molecule has 1 atom stereocenters. The molecule has 2 nitrogen and oxygen atoms in total. The van der Waals surface area contributed by atoms with Crippen molar-refractivity contribution in [3.05, 3.63) is 51.0 Å². The van der Waals surface area contributed by atoms with Crippen LogP contribution < -0.4 is 5.32 Å². The first-order chi connectivity index (χ1) is 9.76. The summed E-state index contributed by atoms with van der Waals surface area (Å²) in [5, 5.41) is 6.96. The van der Waals surface area contributed by atoms with Crippen LogP contribution in [0.3, 0.4) is 0 Å². The first kappa shape index (κ1) is 13.8. The summed E-state index contributed by atoms with van der Waals surface area (Å²) in [7, 11) is 0. The Morgan fingerprint density at radius 3 is 2.90 bits per heavy atom. The maximum Gasteiger partial charge on any atom is 0.0897 e. The molecular weight excluding hydrogens is 264 g/mol. The highest BCUT2D eigenvalue weighted by atomic mass is 32.1. The minimum Gasteiger partial charge on any atom is -0.310 e. The molecule has 3 heteroatoms. The van der Waals surface area contributed by atoms with Gasteiger partial charge in [-0.3, -0.25) is 0 Å². The molecule has 2 aromatic rings. The molecule has 0 saturated carbocycles. The van der Waals surface area contributed by atoms with E-state index in [-0.39, 0.29) is 0 Å². The van der Waals surface area contributed by atoms with E-state index in [0.717, 1.165) is 18.0 Å². The fourth-order valence-electron chi connectivity index (χ4n) is 3.07. The lowest BCUT2D eigenvalue weighted by Gasteiger charge is -2.18. The van der Waals surface area contributed by atoms with E-state index in [0.29, 0.717) is 6.04 Å². The Morgan fingerprint density at radius 2 is 2.15 bits per heavy atom. The number of thiazole rings is 1. The molecule has 0 amide bonds. The summed E-state index contributed by atoms with van der Waals surface area (Å²) in [5.74, 6) is 0. The second kappa shape index (κ2) is 6.06. The van der Waals surface area contributed by atoms with E-state index >= 15 is 0 Å². The van der Waals surface area contributed by atoms with Gasteiger partial charge in [-0.2, -0.15) is 0 Å². The third-order valence-corrected chi connectivity index (χ3v) is 4.88. The topological polar surface area (TPSA) is 24.9 Å². The van der Waals surface area contributed by atoms with Crippen LogP contribution in [0, 0.1) is 6.92 Å². The molecule has 1 N–H and O–H groups in total. The number of nitrogens with zero attached hydrogens (tertiary/aromatic N) is 1. The van der Waals surface area contributed by atoms with Gasteiger partial charge in [0.05, 0.1) is 10.7 Å². The van der Waals surface area contributed by atoms with Crippen molar-refractivity contribution in [1.82, 2.24) is 10.3 Å². The Hall–Kier alpha value is -1.19. The molecule has 106 valence electrons. The van der Waals surface area contributed by atoms with Crippen LogP contribution in [0.15, 0.2) is 23.6 Å². The van der Waals surface area contributed by atoms with Crippen LogP contribution in [0.4, 0.5) is 0 Å². The van der Waals surface area contributed by atoms with Gasteiger partial charge >= 0.3 is 0 Å². The second-order valence-electron chi connectivity index (χ2n) is 5.55. The number of fused-ring (bicyclic) bond motifs is 1. The molecule has 1 unspecified atom stereocenters. The minimum absolute atomic E-state index is 0.382. The van der Waals surface area contributed by atoms with Crippen molar-refractivity contribution in [2.75, 3.05) is 6.54 Å².